The van der Waals surface area contributed by atoms with Gasteiger partial charge in [-0.05, 0) is 6.42 Å². The summed E-state index contributed by atoms with van der Waals surface area (Å²) in [5.74, 6) is -3.79. The van der Waals surface area contributed by atoms with Gasteiger partial charge in [0.05, 0.1) is 6.61 Å². The van der Waals surface area contributed by atoms with Crippen molar-refractivity contribution in [2.45, 2.75) is 18.8 Å². The SMILES string of the molecule is O=C(O)C1OCCCN1C(=O)C(F)(F)F. The fraction of sp³-hybridized carbons (Fsp3) is 0.714. The normalized spacial score (nSPS) is 22.6. The van der Waals surface area contributed by atoms with Gasteiger partial charge in [-0.1, -0.05) is 0 Å². The van der Waals surface area contributed by atoms with Gasteiger partial charge in [-0.25, -0.2) is 4.79 Å². The summed E-state index contributed by atoms with van der Waals surface area (Å²) in [6, 6.07) is 0. The first-order valence-electron chi connectivity index (χ1n) is 4.06. The molecule has 1 fully saturated rings. The summed E-state index contributed by atoms with van der Waals surface area (Å²) < 4.78 is 40.7. The van der Waals surface area contributed by atoms with E-state index in [1.807, 2.05) is 0 Å². The maximum Gasteiger partial charge on any atom is 0.471 e. The first-order valence-corrected chi connectivity index (χ1v) is 4.06. The maximum absolute atomic E-state index is 12.0. The Kier molecular flexibility index (Phi) is 3.18. The average Bonchev–Trinajstić information content (AvgIpc) is 2.15. The maximum atomic E-state index is 12.0. The summed E-state index contributed by atoms with van der Waals surface area (Å²) in [5, 5.41) is 8.54. The fourth-order valence-electron chi connectivity index (χ4n) is 1.21. The van der Waals surface area contributed by atoms with Crippen LogP contribution in [-0.2, 0) is 14.3 Å². The van der Waals surface area contributed by atoms with E-state index in [0.29, 0.717) is 0 Å². The molecule has 0 bridgehead atoms. The Labute approximate surface area is 82.4 Å². The summed E-state index contributed by atoms with van der Waals surface area (Å²) in [7, 11) is 0. The molecular weight excluding hydrogens is 219 g/mol. The number of amides is 1. The molecule has 1 heterocycles. The second kappa shape index (κ2) is 4.05. The lowest BCUT2D eigenvalue weighted by Gasteiger charge is -2.32. The van der Waals surface area contributed by atoms with Crippen LogP contribution < -0.4 is 0 Å². The van der Waals surface area contributed by atoms with Crippen molar-refractivity contribution in [3.05, 3.63) is 0 Å². The number of hydrogen-bond acceptors (Lipinski definition) is 3. The summed E-state index contributed by atoms with van der Waals surface area (Å²) in [5.41, 5.74) is 0. The van der Waals surface area contributed by atoms with E-state index in [9.17, 15) is 22.8 Å². The highest BCUT2D eigenvalue weighted by molar-refractivity contribution is 5.86. The number of hydrogen-bond donors (Lipinski definition) is 1. The molecule has 0 aliphatic carbocycles. The lowest BCUT2D eigenvalue weighted by molar-refractivity contribution is -0.208. The van der Waals surface area contributed by atoms with Gasteiger partial charge in [0.25, 0.3) is 0 Å². The zero-order valence-corrected chi connectivity index (χ0v) is 7.45. The van der Waals surface area contributed by atoms with Crippen LogP contribution >= 0.6 is 0 Å². The predicted molar refractivity (Wildman–Crippen MR) is 39.8 cm³/mol. The van der Waals surface area contributed by atoms with E-state index in [1.54, 1.807) is 0 Å². The summed E-state index contributed by atoms with van der Waals surface area (Å²) in [6.07, 6.45) is -6.73. The summed E-state index contributed by atoms with van der Waals surface area (Å²) in [4.78, 5) is 21.5. The Balaban J connectivity index is 2.81. The monoisotopic (exact) mass is 227 g/mol. The van der Waals surface area contributed by atoms with Crippen LogP contribution in [0.2, 0.25) is 0 Å². The molecule has 1 atom stereocenters. The molecule has 0 aromatic carbocycles. The lowest BCUT2D eigenvalue weighted by atomic mass is 10.3. The van der Waals surface area contributed by atoms with E-state index in [0.717, 1.165) is 0 Å². The molecule has 1 aliphatic rings. The lowest BCUT2D eigenvalue weighted by Crippen LogP contribution is -2.54. The van der Waals surface area contributed by atoms with E-state index < -0.39 is 24.3 Å². The van der Waals surface area contributed by atoms with Crippen LogP contribution in [0, 0.1) is 0 Å². The number of carboxylic acid groups (broad SMARTS) is 1. The summed E-state index contributed by atoms with van der Waals surface area (Å²) >= 11 is 0. The number of nitrogens with zero attached hydrogens (tertiary/aromatic N) is 1. The molecule has 5 nitrogen and oxygen atoms in total. The quantitative estimate of drug-likeness (QED) is 0.695. The Hall–Kier alpha value is -1.31. The minimum Gasteiger partial charge on any atom is -0.478 e. The number of carbonyl (C=O) groups excluding carboxylic acids is 1. The van der Waals surface area contributed by atoms with Crippen molar-refractivity contribution in [3.8, 4) is 0 Å². The van der Waals surface area contributed by atoms with Gasteiger partial charge in [-0.15, -0.1) is 0 Å². The Morgan fingerprint density at radius 3 is 2.47 bits per heavy atom. The highest BCUT2D eigenvalue weighted by atomic mass is 19.4. The van der Waals surface area contributed by atoms with Crippen LogP contribution in [0.1, 0.15) is 6.42 Å². The highest BCUT2D eigenvalue weighted by Crippen LogP contribution is 2.22. The number of ether oxygens (including phenoxy) is 1. The number of carboxylic acids is 1. The number of aliphatic carboxylic acids is 1. The minimum absolute atomic E-state index is 0.0264. The Bertz CT molecular complexity index is 278. The molecule has 1 N–H and O–H groups in total. The van der Waals surface area contributed by atoms with Crippen LogP contribution in [0.5, 0.6) is 0 Å². The molecule has 1 saturated heterocycles. The van der Waals surface area contributed by atoms with Crippen molar-refractivity contribution in [3.63, 3.8) is 0 Å². The Morgan fingerprint density at radius 2 is 2.00 bits per heavy atom. The third kappa shape index (κ3) is 2.58. The van der Waals surface area contributed by atoms with E-state index in [4.69, 9.17) is 5.11 Å². The first-order chi connectivity index (χ1) is 6.84. The van der Waals surface area contributed by atoms with Crippen molar-refractivity contribution in [2.75, 3.05) is 13.2 Å². The van der Waals surface area contributed by atoms with Crippen molar-refractivity contribution in [2.24, 2.45) is 0 Å². The molecule has 15 heavy (non-hydrogen) atoms. The number of halogens is 3. The summed E-state index contributed by atoms with van der Waals surface area (Å²) in [6.45, 7) is -0.242. The Morgan fingerprint density at radius 1 is 1.40 bits per heavy atom. The molecule has 0 saturated carbocycles. The van der Waals surface area contributed by atoms with Crippen LogP contribution in [-0.4, -0.2) is 47.4 Å². The minimum atomic E-state index is -5.08. The van der Waals surface area contributed by atoms with Crippen LogP contribution in [0.3, 0.4) is 0 Å². The molecule has 1 unspecified atom stereocenters. The van der Waals surface area contributed by atoms with Gasteiger partial charge in [0.1, 0.15) is 0 Å². The van der Waals surface area contributed by atoms with Crippen molar-refractivity contribution in [1.82, 2.24) is 4.90 Å². The van der Waals surface area contributed by atoms with Crippen LogP contribution in [0.15, 0.2) is 0 Å². The molecule has 8 heteroatoms. The molecule has 0 aromatic rings. The van der Waals surface area contributed by atoms with Gasteiger partial charge in [0.2, 0.25) is 6.23 Å². The van der Waals surface area contributed by atoms with Crippen LogP contribution in [0.25, 0.3) is 0 Å². The zero-order chi connectivity index (χ0) is 11.6. The molecular formula is C7H8F3NO4. The van der Waals surface area contributed by atoms with E-state index in [1.165, 1.54) is 0 Å². The van der Waals surface area contributed by atoms with E-state index in [2.05, 4.69) is 4.74 Å². The van der Waals surface area contributed by atoms with Crippen LogP contribution in [0.4, 0.5) is 13.2 Å². The number of carbonyl (C=O) groups is 2. The smallest absolute Gasteiger partial charge is 0.471 e. The van der Waals surface area contributed by atoms with Gasteiger partial charge < -0.3 is 9.84 Å². The molecule has 1 rings (SSSR count). The van der Waals surface area contributed by atoms with Gasteiger partial charge in [0, 0.05) is 6.54 Å². The van der Waals surface area contributed by atoms with Gasteiger partial charge >= 0.3 is 18.1 Å². The molecule has 1 amide bonds. The van der Waals surface area contributed by atoms with Crippen molar-refractivity contribution in [1.29, 1.82) is 0 Å². The highest BCUT2D eigenvalue weighted by Gasteiger charge is 2.47. The fourth-order valence-corrected chi connectivity index (χ4v) is 1.21. The third-order valence-corrected chi connectivity index (χ3v) is 1.82. The van der Waals surface area contributed by atoms with Gasteiger partial charge in [0.15, 0.2) is 0 Å². The van der Waals surface area contributed by atoms with Gasteiger partial charge in [-0.3, -0.25) is 9.69 Å². The van der Waals surface area contributed by atoms with Crippen molar-refractivity contribution >= 4 is 11.9 Å². The third-order valence-electron chi connectivity index (χ3n) is 1.82. The standard InChI is InChI=1S/C7H8F3NO4/c8-7(9,10)6(14)11-2-1-3-15-4(11)5(12)13/h4H,1-3H2,(H,12,13). The van der Waals surface area contributed by atoms with Crippen molar-refractivity contribution < 1.29 is 32.6 Å². The topological polar surface area (TPSA) is 66.8 Å². The zero-order valence-electron chi connectivity index (χ0n) is 7.45. The van der Waals surface area contributed by atoms with E-state index >= 15 is 0 Å². The predicted octanol–water partition coefficient (Wildman–Crippen LogP) is 0.208. The molecule has 86 valence electrons. The largest absolute Gasteiger partial charge is 0.478 e. The molecule has 1 aliphatic heterocycles. The molecule has 0 aromatic heterocycles. The second-order valence-electron chi connectivity index (χ2n) is 2.91. The molecule has 0 radical (unpaired) electrons. The van der Waals surface area contributed by atoms with Gasteiger partial charge in [-0.2, -0.15) is 13.2 Å². The van der Waals surface area contributed by atoms with E-state index in [-0.39, 0.29) is 24.5 Å². The number of rotatable bonds is 1. The average molecular weight is 227 g/mol. The molecule has 0 spiro atoms. The first kappa shape index (κ1) is 11.8. The second-order valence-corrected chi connectivity index (χ2v) is 2.91. The number of alkyl halides is 3.